The van der Waals surface area contributed by atoms with Gasteiger partial charge in [0.15, 0.2) is 5.96 Å². The molecule has 3 aliphatic rings. The minimum Gasteiger partial charge on any atom is -0.376 e. The lowest BCUT2D eigenvalue weighted by Crippen LogP contribution is -2.45. The van der Waals surface area contributed by atoms with Gasteiger partial charge >= 0.3 is 0 Å². The summed E-state index contributed by atoms with van der Waals surface area (Å²) in [5.41, 5.74) is 0. The second-order valence-electron chi connectivity index (χ2n) is 7.59. The average molecular weight is 337 g/mol. The van der Waals surface area contributed by atoms with Crippen LogP contribution in [0.4, 0.5) is 0 Å². The van der Waals surface area contributed by atoms with Crippen molar-refractivity contribution < 1.29 is 4.74 Å². The standard InChI is InChI=1S/C19H36N4O/c1-20-19(21-11-15-24-18-8-4-2-5-9-18)23-14-10-17(16-23)22-12-6-3-7-13-22/h17-18H,2-16H2,1H3,(H,20,21). The Labute approximate surface area is 147 Å². The van der Waals surface area contributed by atoms with Crippen molar-refractivity contribution in [1.82, 2.24) is 15.1 Å². The van der Waals surface area contributed by atoms with Crippen LogP contribution in [0, 0.1) is 0 Å². The number of aliphatic imine (C=N–C) groups is 1. The Bertz CT molecular complexity index is 389. The Morgan fingerprint density at radius 2 is 1.75 bits per heavy atom. The zero-order chi connectivity index (χ0) is 16.6. The van der Waals surface area contributed by atoms with Crippen LogP contribution in [0.25, 0.3) is 0 Å². The summed E-state index contributed by atoms with van der Waals surface area (Å²) in [7, 11) is 1.90. The number of ether oxygens (including phenoxy) is 1. The molecule has 138 valence electrons. The summed E-state index contributed by atoms with van der Waals surface area (Å²) in [6.07, 6.45) is 12.5. The Hall–Kier alpha value is -0.810. The van der Waals surface area contributed by atoms with E-state index in [-0.39, 0.29) is 0 Å². The van der Waals surface area contributed by atoms with Gasteiger partial charge in [0.2, 0.25) is 0 Å². The van der Waals surface area contributed by atoms with E-state index in [1.807, 2.05) is 7.05 Å². The molecule has 3 rings (SSSR count). The highest BCUT2D eigenvalue weighted by molar-refractivity contribution is 5.80. The van der Waals surface area contributed by atoms with Crippen LogP contribution < -0.4 is 5.32 Å². The lowest BCUT2D eigenvalue weighted by molar-refractivity contribution is 0.0316. The fourth-order valence-corrected chi connectivity index (χ4v) is 4.47. The van der Waals surface area contributed by atoms with Crippen LogP contribution in [-0.2, 0) is 4.74 Å². The van der Waals surface area contributed by atoms with Gasteiger partial charge in [0.05, 0.1) is 12.7 Å². The molecule has 2 saturated heterocycles. The summed E-state index contributed by atoms with van der Waals surface area (Å²) < 4.78 is 6.01. The van der Waals surface area contributed by atoms with Crippen LogP contribution in [-0.4, -0.2) is 74.3 Å². The van der Waals surface area contributed by atoms with Crippen molar-refractivity contribution in [2.75, 3.05) is 46.4 Å². The molecule has 0 aromatic rings. The molecule has 1 saturated carbocycles. The number of hydrogen-bond donors (Lipinski definition) is 1. The molecule has 2 heterocycles. The smallest absolute Gasteiger partial charge is 0.193 e. The molecule has 1 atom stereocenters. The van der Waals surface area contributed by atoms with Crippen LogP contribution in [0.1, 0.15) is 57.8 Å². The van der Waals surface area contributed by atoms with E-state index in [9.17, 15) is 0 Å². The Kier molecular flexibility index (Phi) is 7.21. The molecule has 3 fully saturated rings. The minimum absolute atomic E-state index is 0.498. The van der Waals surface area contributed by atoms with E-state index in [1.165, 1.54) is 70.9 Å². The second-order valence-corrected chi connectivity index (χ2v) is 7.59. The quantitative estimate of drug-likeness (QED) is 0.476. The zero-order valence-electron chi connectivity index (χ0n) is 15.5. The topological polar surface area (TPSA) is 40.1 Å². The second kappa shape index (κ2) is 9.62. The molecule has 0 aromatic heterocycles. The van der Waals surface area contributed by atoms with Gasteiger partial charge in [-0.2, -0.15) is 0 Å². The van der Waals surface area contributed by atoms with Gasteiger partial charge < -0.3 is 15.0 Å². The molecule has 0 aromatic carbocycles. The fraction of sp³-hybridized carbons (Fsp3) is 0.947. The summed E-state index contributed by atoms with van der Waals surface area (Å²) in [6.45, 7) is 6.51. The van der Waals surface area contributed by atoms with Crippen molar-refractivity contribution in [3.05, 3.63) is 0 Å². The molecule has 0 bridgehead atoms. The highest BCUT2D eigenvalue weighted by atomic mass is 16.5. The first kappa shape index (κ1) is 18.0. The summed E-state index contributed by atoms with van der Waals surface area (Å²) >= 11 is 0. The molecule has 5 heteroatoms. The monoisotopic (exact) mass is 336 g/mol. The predicted octanol–water partition coefficient (Wildman–Crippen LogP) is 2.47. The molecule has 24 heavy (non-hydrogen) atoms. The first-order chi connectivity index (χ1) is 11.9. The van der Waals surface area contributed by atoms with Crippen molar-refractivity contribution in [1.29, 1.82) is 0 Å². The Morgan fingerprint density at radius 1 is 1.00 bits per heavy atom. The summed E-state index contributed by atoms with van der Waals surface area (Å²) in [5, 5.41) is 3.51. The number of nitrogens with zero attached hydrogens (tertiary/aromatic N) is 3. The number of hydrogen-bond acceptors (Lipinski definition) is 3. The SMILES string of the molecule is CN=C(NCCOC1CCCCC1)N1CCC(N2CCCCC2)C1. The van der Waals surface area contributed by atoms with Gasteiger partial charge in [-0.3, -0.25) is 9.89 Å². The normalized spacial score (nSPS) is 27.6. The van der Waals surface area contributed by atoms with Gasteiger partial charge in [0, 0.05) is 32.7 Å². The lowest BCUT2D eigenvalue weighted by Gasteiger charge is -2.32. The third-order valence-electron chi connectivity index (χ3n) is 5.87. The van der Waals surface area contributed by atoms with Crippen molar-refractivity contribution >= 4 is 5.96 Å². The van der Waals surface area contributed by atoms with Crippen LogP contribution in [0.3, 0.4) is 0 Å². The van der Waals surface area contributed by atoms with Crippen LogP contribution in [0.5, 0.6) is 0 Å². The molecule has 1 unspecified atom stereocenters. The largest absolute Gasteiger partial charge is 0.376 e. The number of piperidine rings is 1. The van der Waals surface area contributed by atoms with Gasteiger partial charge in [-0.15, -0.1) is 0 Å². The fourth-order valence-electron chi connectivity index (χ4n) is 4.47. The Morgan fingerprint density at radius 3 is 2.50 bits per heavy atom. The van der Waals surface area contributed by atoms with Crippen LogP contribution >= 0.6 is 0 Å². The molecule has 1 aliphatic carbocycles. The molecule has 0 radical (unpaired) electrons. The number of likely N-dealkylation sites (tertiary alicyclic amines) is 2. The van der Waals surface area contributed by atoms with Crippen LogP contribution in [0.15, 0.2) is 4.99 Å². The molecule has 5 nitrogen and oxygen atoms in total. The number of nitrogens with one attached hydrogen (secondary N) is 1. The lowest BCUT2D eigenvalue weighted by atomic mass is 9.98. The minimum atomic E-state index is 0.498. The summed E-state index contributed by atoms with van der Waals surface area (Å²) in [4.78, 5) is 9.62. The molecular weight excluding hydrogens is 300 g/mol. The van der Waals surface area contributed by atoms with E-state index in [4.69, 9.17) is 4.74 Å². The van der Waals surface area contributed by atoms with E-state index >= 15 is 0 Å². The van der Waals surface area contributed by atoms with E-state index in [0.717, 1.165) is 38.2 Å². The van der Waals surface area contributed by atoms with Crippen molar-refractivity contribution in [3.8, 4) is 0 Å². The molecule has 2 aliphatic heterocycles. The summed E-state index contributed by atoms with van der Waals surface area (Å²) in [6, 6.07) is 0.724. The van der Waals surface area contributed by atoms with Gasteiger partial charge in [-0.1, -0.05) is 25.7 Å². The van der Waals surface area contributed by atoms with Crippen molar-refractivity contribution in [3.63, 3.8) is 0 Å². The highest BCUT2D eigenvalue weighted by Gasteiger charge is 2.29. The van der Waals surface area contributed by atoms with Crippen molar-refractivity contribution in [2.45, 2.75) is 69.9 Å². The molecule has 0 spiro atoms. The number of guanidine groups is 1. The third-order valence-corrected chi connectivity index (χ3v) is 5.87. The average Bonchev–Trinajstić information content (AvgIpc) is 3.13. The first-order valence-electron chi connectivity index (χ1n) is 10.2. The maximum Gasteiger partial charge on any atom is 0.193 e. The van der Waals surface area contributed by atoms with E-state index in [2.05, 4.69) is 20.1 Å². The molecule has 0 amide bonds. The maximum absolute atomic E-state index is 6.01. The third kappa shape index (κ3) is 5.09. The summed E-state index contributed by atoms with van der Waals surface area (Å²) in [5.74, 6) is 1.06. The van der Waals surface area contributed by atoms with Gasteiger partial charge in [-0.05, 0) is 45.2 Å². The van der Waals surface area contributed by atoms with E-state index in [0.29, 0.717) is 6.10 Å². The number of rotatable bonds is 5. The van der Waals surface area contributed by atoms with E-state index < -0.39 is 0 Å². The first-order valence-corrected chi connectivity index (χ1v) is 10.2. The van der Waals surface area contributed by atoms with Gasteiger partial charge in [0.25, 0.3) is 0 Å². The predicted molar refractivity (Wildman–Crippen MR) is 99.6 cm³/mol. The molecular formula is C19H36N4O. The maximum atomic E-state index is 6.01. The van der Waals surface area contributed by atoms with E-state index in [1.54, 1.807) is 0 Å². The zero-order valence-corrected chi connectivity index (χ0v) is 15.5. The van der Waals surface area contributed by atoms with Crippen molar-refractivity contribution in [2.24, 2.45) is 4.99 Å². The Balaban J connectivity index is 1.35. The van der Waals surface area contributed by atoms with Crippen LogP contribution in [0.2, 0.25) is 0 Å². The molecule has 1 N–H and O–H groups in total. The highest BCUT2D eigenvalue weighted by Crippen LogP contribution is 2.21. The van der Waals surface area contributed by atoms with Gasteiger partial charge in [-0.25, -0.2) is 0 Å². The van der Waals surface area contributed by atoms with Gasteiger partial charge in [0.1, 0.15) is 0 Å².